The molecule has 0 aliphatic carbocycles. The van der Waals surface area contributed by atoms with E-state index in [4.69, 9.17) is 11.6 Å². The largest absolute Gasteiger partial charge is 0.464 e. The standard InChI is InChI=1S/C10H9ClN4O2/c1-6-8(10(16)17-2)14-15(13-6)9-7(11)4-3-5-12-9/h3-5H,1-2H3. The van der Waals surface area contributed by atoms with E-state index in [0.717, 1.165) is 0 Å². The Hall–Kier alpha value is -1.95. The minimum Gasteiger partial charge on any atom is -0.464 e. The van der Waals surface area contributed by atoms with Gasteiger partial charge in [-0.05, 0) is 19.1 Å². The summed E-state index contributed by atoms with van der Waals surface area (Å²) in [6, 6.07) is 3.36. The van der Waals surface area contributed by atoms with E-state index in [-0.39, 0.29) is 5.69 Å². The third kappa shape index (κ3) is 2.12. The number of ether oxygens (including phenoxy) is 1. The maximum Gasteiger partial charge on any atom is 0.360 e. The molecular weight excluding hydrogens is 244 g/mol. The number of rotatable bonds is 2. The Balaban J connectivity index is 2.49. The summed E-state index contributed by atoms with van der Waals surface area (Å²) in [5.74, 6) is -0.173. The van der Waals surface area contributed by atoms with Gasteiger partial charge in [-0.15, -0.1) is 9.90 Å². The van der Waals surface area contributed by atoms with Gasteiger partial charge in [-0.2, -0.15) is 5.10 Å². The Bertz CT molecular complexity index is 567. The van der Waals surface area contributed by atoms with Crippen LogP contribution in [0.5, 0.6) is 0 Å². The molecule has 0 fully saturated rings. The number of carbonyl (C=O) groups excluding carboxylic acids is 1. The van der Waals surface area contributed by atoms with Crippen LogP contribution in [-0.4, -0.2) is 33.1 Å². The number of pyridine rings is 1. The molecule has 88 valence electrons. The Morgan fingerprint density at radius 2 is 2.24 bits per heavy atom. The van der Waals surface area contributed by atoms with Gasteiger partial charge in [-0.1, -0.05) is 11.6 Å². The first-order valence-corrected chi connectivity index (χ1v) is 5.14. The molecule has 0 atom stereocenters. The van der Waals surface area contributed by atoms with Crippen LogP contribution in [0.4, 0.5) is 0 Å². The fourth-order valence-electron chi connectivity index (χ4n) is 1.28. The molecule has 0 saturated heterocycles. The molecule has 2 heterocycles. The van der Waals surface area contributed by atoms with Gasteiger partial charge < -0.3 is 4.74 Å². The molecule has 2 aromatic rings. The molecule has 2 rings (SSSR count). The molecule has 17 heavy (non-hydrogen) atoms. The van der Waals surface area contributed by atoms with Crippen LogP contribution in [0.3, 0.4) is 0 Å². The molecule has 0 aromatic carbocycles. The fourth-order valence-corrected chi connectivity index (χ4v) is 1.48. The zero-order chi connectivity index (χ0) is 12.4. The van der Waals surface area contributed by atoms with Crippen LogP contribution >= 0.6 is 11.6 Å². The summed E-state index contributed by atoms with van der Waals surface area (Å²) in [4.78, 5) is 16.6. The summed E-state index contributed by atoms with van der Waals surface area (Å²) in [5, 5.41) is 8.47. The Morgan fingerprint density at radius 1 is 1.47 bits per heavy atom. The normalized spacial score (nSPS) is 10.3. The molecule has 0 bridgehead atoms. The van der Waals surface area contributed by atoms with Gasteiger partial charge in [0, 0.05) is 6.20 Å². The van der Waals surface area contributed by atoms with Crippen molar-refractivity contribution < 1.29 is 9.53 Å². The number of nitrogens with zero attached hydrogens (tertiary/aromatic N) is 4. The van der Waals surface area contributed by atoms with Crippen LogP contribution in [0, 0.1) is 6.92 Å². The molecule has 6 nitrogen and oxygen atoms in total. The van der Waals surface area contributed by atoms with Gasteiger partial charge in [0.05, 0.1) is 17.8 Å². The minimum atomic E-state index is -0.541. The fraction of sp³-hybridized carbons (Fsp3) is 0.200. The van der Waals surface area contributed by atoms with Crippen LogP contribution in [0.15, 0.2) is 18.3 Å². The number of esters is 1. The molecule has 0 radical (unpaired) electrons. The van der Waals surface area contributed by atoms with E-state index < -0.39 is 5.97 Å². The second kappa shape index (κ2) is 4.50. The molecule has 0 aliphatic rings. The quantitative estimate of drug-likeness (QED) is 0.756. The first kappa shape index (κ1) is 11.5. The highest BCUT2D eigenvalue weighted by molar-refractivity contribution is 6.32. The summed E-state index contributed by atoms with van der Waals surface area (Å²) in [6.45, 7) is 1.66. The highest BCUT2D eigenvalue weighted by Gasteiger charge is 2.17. The summed E-state index contributed by atoms with van der Waals surface area (Å²) < 4.78 is 4.59. The van der Waals surface area contributed by atoms with Gasteiger partial charge in [0.25, 0.3) is 0 Å². The maximum atomic E-state index is 11.4. The SMILES string of the molecule is COC(=O)c1nn(-c2ncccc2Cl)nc1C. The first-order valence-electron chi connectivity index (χ1n) is 4.76. The number of halogens is 1. The van der Waals surface area contributed by atoms with Crippen molar-refractivity contribution in [2.75, 3.05) is 7.11 Å². The van der Waals surface area contributed by atoms with E-state index in [1.807, 2.05) is 0 Å². The average Bonchev–Trinajstić information content (AvgIpc) is 2.71. The van der Waals surface area contributed by atoms with E-state index in [9.17, 15) is 4.79 Å². The Kier molecular flexibility index (Phi) is 3.06. The van der Waals surface area contributed by atoms with Crippen LogP contribution < -0.4 is 0 Å². The van der Waals surface area contributed by atoms with E-state index >= 15 is 0 Å². The lowest BCUT2D eigenvalue weighted by molar-refractivity contribution is 0.0592. The van der Waals surface area contributed by atoms with Crippen molar-refractivity contribution in [1.29, 1.82) is 0 Å². The highest BCUT2D eigenvalue weighted by atomic mass is 35.5. The molecule has 0 saturated carbocycles. The third-order valence-corrected chi connectivity index (χ3v) is 2.38. The summed E-state index contributed by atoms with van der Waals surface area (Å²) in [5.41, 5.74) is 0.604. The Morgan fingerprint density at radius 3 is 2.88 bits per heavy atom. The second-order valence-corrected chi connectivity index (χ2v) is 3.63. The molecule has 0 aliphatic heterocycles. The van der Waals surface area contributed by atoms with E-state index in [0.29, 0.717) is 16.5 Å². The highest BCUT2D eigenvalue weighted by Crippen LogP contribution is 2.16. The monoisotopic (exact) mass is 252 g/mol. The van der Waals surface area contributed by atoms with Crippen molar-refractivity contribution >= 4 is 17.6 Å². The van der Waals surface area contributed by atoms with Gasteiger partial charge in [0.2, 0.25) is 0 Å². The van der Waals surface area contributed by atoms with Crippen LogP contribution in [0.1, 0.15) is 16.2 Å². The van der Waals surface area contributed by atoms with Crippen molar-refractivity contribution in [3.63, 3.8) is 0 Å². The summed E-state index contributed by atoms with van der Waals surface area (Å²) in [6.07, 6.45) is 1.57. The van der Waals surface area contributed by atoms with Gasteiger partial charge in [-0.3, -0.25) is 0 Å². The Labute approximate surface area is 102 Å². The lowest BCUT2D eigenvalue weighted by atomic mass is 10.3. The van der Waals surface area contributed by atoms with Crippen molar-refractivity contribution in [2.45, 2.75) is 6.92 Å². The van der Waals surface area contributed by atoms with Crippen LogP contribution in [0.25, 0.3) is 5.82 Å². The predicted octanol–water partition coefficient (Wildman–Crippen LogP) is 1.41. The molecule has 0 N–H and O–H groups in total. The molecule has 7 heteroatoms. The summed E-state index contributed by atoms with van der Waals surface area (Å²) >= 11 is 5.95. The third-order valence-electron chi connectivity index (χ3n) is 2.09. The van der Waals surface area contributed by atoms with Gasteiger partial charge in [-0.25, -0.2) is 9.78 Å². The number of hydrogen-bond donors (Lipinski definition) is 0. The summed E-state index contributed by atoms with van der Waals surface area (Å²) in [7, 11) is 1.29. The van der Waals surface area contributed by atoms with E-state index in [2.05, 4.69) is 19.9 Å². The number of methoxy groups -OCH3 is 1. The van der Waals surface area contributed by atoms with E-state index in [1.165, 1.54) is 11.9 Å². The zero-order valence-corrected chi connectivity index (χ0v) is 9.97. The molecule has 0 spiro atoms. The molecule has 0 amide bonds. The van der Waals surface area contributed by atoms with Crippen LogP contribution in [-0.2, 0) is 4.74 Å². The van der Waals surface area contributed by atoms with Gasteiger partial charge in [0.15, 0.2) is 11.5 Å². The van der Waals surface area contributed by atoms with Gasteiger partial charge >= 0.3 is 5.97 Å². The second-order valence-electron chi connectivity index (χ2n) is 3.22. The average molecular weight is 253 g/mol. The lowest BCUT2D eigenvalue weighted by Crippen LogP contribution is -2.06. The van der Waals surface area contributed by atoms with Crippen molar-refractivity contribution in [3.8, 4) is 5.82 Å². The zero-order valence-electron chi connectivity index (χ0n) is 9.22. The van der Waals surface area contributed by atoms with Crippen molar-refractivity contribution in [1.82, 2.24) is 20.0 Å². The number of aryl methyl sites for hydroxylation is 1. The van der Waals surface area contributed by atoms with Gasteiger partial charge in [0.1, 0.15) is 0 Å². The number of hydrogen-bond acceptors (Lipinski definition) is 5. The molecule has 2 aromatic heterocycles. The predicted molar refractivity (Wildman–Crippen MR) is 60.2 cm³/mol. The van der Waals surface area contributed by atoms with Crippen molar-refractivity contribution in [3.05, 3.63) is 34.7 Å². The van der Waals surface area contributed by atoms with E-state index in [1.54, 1.807) is 25.3 Å². The number of aromatic nitrogens is 4. The molecule has 0 unspecified atom stereocenters. The van der Waals surface area contributed by atoms with Crippen molar-refractivity contribution in [2.24, 2.45) is 0 Å². The minimum absolute atomic E-state index is 0.147. The molecular formula is C10H9ClN4O2. The topological polar surface area (TPSA) is 69.9 Å². The van der Waals surface area contributed by atoms with Crippen LogP contribution in [0.2, 0.25) is 5.02 Å². The first-order chi connectivity index (χ1) is 8.13. The smallest absolute Gasteiger partial charge is 0.360 e. The lowest BCUT2D eigenvalue weighted by Gasteiger charge is -1.99. The number of carbonyl (C=O) groups is 1. The maximum absolute atomic E-state index is 11.4.